The van der Waals surface area contributed by atoms with Crippen molar-refractivity contribution in [3.63, 3.8) is 0 Å². The Morgan fingerprint density at radius 2 is 1.79 bits per heavy atom. The molecule has 0 atom stereocenters. The van der Waals surface area contributed by atoms with Crippen molar-refractivity contribution in [3.05, 3.63) is 81.0 Å². The number of aryl methyl sites for hydroxylation is 2. The van der Waals surface area contributed by atoms with Crippen molar-refractivity contribution in [3.8, 4) is 11.4 Å². The average molecular weight is 463 g/mol. The molecule has 1 heterocycles. The van der Waals surface area contributed by atoms with E-state index in [4.69, 9.17) is 0 Å². The zero-order chi connectivity index (χ0) is 24.3. The lowest BCUT2D eigenvalue weighted by molar-refractivity contribution is -0.137. The van der Waals surface area contributed by atoms with Gasteiger partial charge in [-0.1, -0.05) is 18.2 Å². The first-order valence-electron chi connectivity index (χ1n) is 9.96. The van der Waals surface area contributed by atoms with Gasteiger partial charge in [-0.25, -0.2) is 9.37 Å². The van der Waals surface area contributed by atoms with Gasteiger partial charge >= 0.3 is 6.18 Å². The number of hydrogen-bond donors (Lipinski definition) is 2. The minimum absolute atomic E-state index is 0.0147. The molecule has 10 heteroatoms. The number of aromatic nitrogens is 2. The number of carbonyl (C=O) groups is 1. The van der Waals surface area contributed by atoms with Gasteiger partial charge in [0.15, 0.2) is 0 Å². The Labute approximate surface area is 186 Å². The maximum atomic E-state index is 14.1. The Bertz CT molecular complexity index is 1240. The normalized spacial score (nSPS) is 11.5. The van der Waals surface area contributed by atoms with Crippen LogP contribution >= 0.6 is 0 Å². The summed E-state index contributed by atoms with van der Waals surface area (Å²) in [5.74, 6) is -1.40. The second-order valence-corrected chi connectivity index (χ2v) is 7.47. The van der Waals surface area contributed by atoms with E-state index in [-0.39, 0.29) is 41.4 Å². The van der Waals surface area contributed by atoms with Gasteiger partial charge in [-0.2, -0.15) is 13.2 Å². The zero-order valence-corrected chi connectivity index (χ0v) is 17.8. The van der Waals surface area contributed by atoms with Crippen molar-refractivity contribution < 1.29 is 27.5 Å². The molecule has 0 aliphatic rings. The van der Waals surface area contributed by atoms with Crippen LogP contribution in [0.2, 0.25) is 0 Å². The smallest absolute Gasteiger partial charge is 0.396 e. The number of alkyl halides is 3. The van der Waals surface area contributed by atoms with E-state index < -0.39 is 35.6 Å². The van der Waals surface area contributed by atoms with Crippen LogP contribution in [0.15, 0.2) is 47.3 Å². The molecule has 0 aliphatic carbocycles. The molecule has 0 unspecified atom stereocenters. The summed E-state index contributed by atoms with van der Waals surface area (Å²) in [5, 5.41) is 11.7. The van der Waals surface area contributed by atoms with E-state index in [1.807, 2.05) is 0 Å². The third-order valence-electron chi connectivity index (χ3n) is 5.00. The number of amides is 1. The molecule has 1 amide bonds. The van der Waals surface area contributed by atoms with Gasteiger partial charge in [0, 0.05) is 29.8 Å². The Morgan fingerprint density at radius 1 is 1.12 bits per heavy atom. The predicted molar refractivity (Wildman–Crippen MR) is 114 cm³/mol. The van der Waals surface area contributed by atoms with Crippen LogP contribution in [0.25, 0.3) is 11.4 Å². The van der Waals surface area contributed by atoms with Crippen LogP contribution in [-0.2, 0) is 23.9 Å². The molecule has 174 valence electrons. The molecule has 33 heavy (non-hydrogen) atoms. The summed E-state index contributed by atoms with van der Waals surface area (Å²) in [6.45, 7) is 2.32. The van der Waals surface area contributed by atoms with Gasteiger partial charge in [-0.3, -0.25) is 14.2 Å². The van der Waals surface area contributed by atoms with Crippen molar-refractivity contribution in [2.75, 3.05) is 11.9 Å². The molecule has 0 radical (unpaired) electrons. The number of nitrogens with one attached hydrogen (secondary N) is 1. The summed E-state index contributed by atoms with van der Waals surface area (Å²) in [5.41, 5.74) is -0.277. The van der Waals surface area contributed by atoms with Gasteiger partial charge in [0.1, 0.15) is 18.2 Å². The standard InChI is InChI=1S/C23H21F4N3O3/c1-13-3-8-19(18(24)11-13)29-20(32)12-30-21(28-14(2)17(9-10-31)22(30)33)15-4-6-16(7-5-15)23(25,26)27/h3-8,11,31H,9-10,12H2,1-2H3,(H,29,32). The van der Waals surface area contributed by atoms with Crippen molar-refractivity contribution >= 4 is 11.6 Å². The number of hydrogen-bond acceptors (Lipinski definition) is 4. The van der Waals surface area contributed by atoms with E-state index in [0.29, 0.717) is 5.56 Å². The quantitative estimate of drug-likeness (QED) is 0.544. The topological polar surface area (TPSA) is 84.2 Å². The third-order valence-corrected chi connectivity index (χ3v) is 5.00. The lowest BCUT2D eigenvalue weighted by Crippen LogP contribution is -2.33. The Balaban J connectivity index is 2.03. The monoisotopic (exact) mass is 463 g/mol. The summed E-state index contributed by atoms with van der Waals surface area (Å²) in [6.07, 6.45) is -4.55. The highest BCUT2D eigenvalue weighted by atomic mass is 19.4. The summed E-state index contributed by atoms with van der Waals surface area (Å²) >= 11 is 0. The fraction of sp³-hybridized carbons (Fsp3) is 0.261. The number of rotatable bonds is 6. The maximum absolute atomic E-state index is 14.1. The first kappa shape index (κ1) is 24.1. The molecule has 0 bridgehead atoms. The van der Waals surface area contributed by atoms with Crippen LogP contribution in [0, 0.1) is 19.7 Å². The van der Waals surface area contributed by atoms with Crippen LogP contribution in [0.1, 0.15) is 22.4 Å². The van der Waals surface area contributed by atoms with E-state index in [9.17, 15) is 32.3 Å². The van der Waals surface area contributed by atoms with Gasteiger partial charge in [-0.05, 0) is 43.7 Å². The molecule has 2 aromatic carbocycles. The second-order valence-electron chi connectivity index (χ2n) is 7.47. The Hall–Kier alpha value is -3.53. The predicted octanol–water partition coefficient (Wildman–Crippen LogP) is 3.86. The fourth-order valence-electron chi connectivity index (χ4n) is 3.33. The highest BCUT2D eigenvalue weighted by Crippen LogP contribution is 2.30. The highest BCUT2D eigenvalue weighted by molar-refractivity contribution is 5.91. The summed E-state index contributed by atoms with van der Waals surface area (Å²) in [6, 6.07) is 8.24. The Kier molecular flexibility index (Phi) is 6.97. The molecular weight excluding hydrogens is 442 g/mol. The van der Waals surface area contributed by atoms with Gasteiger partial charge in [0.05, 0.1) is 11.3 Å². The number of aliphatic hydroxyl groups is 1. The molecule has 6 nitrogen and oxygen atoms in total. The van der Waals surface area contributed by atoms with Crippen LogP contribution in [0.3, 0.4) is 0 Å². The minimum Gasteiger partial charge on any atom is -0.396 e. The SMILES string of the molecule is Cc1ccc(NC(=O)Cn2c(-c3ccc(C(F)(F)F)cc3)nc(C)c(CCO)c2=O)c(F)c1. The zero-order valence-electron chi connectivity index (χ0n) is 17.8. The lowest BCUT2D eigenvalue weighted by Gasteiger charge is -2.16. The van der Waals surface area contributed by atoms with E-state index in [0.717, 1.165) is 28.8 Å². The average Bonchev–Trinajstić information content (AvgIpc) is 2.74. The number of halogens is 4. The van der Waals surface area contributed by atoms with Crippen molar-refractivity contribution in [2.24, 2.45) is 0 Å². The van der Waals surface area contributed by atoms with Gasteiger partial charge in [0.2, 0.25) is 5.91 Å². The van der Waals surface area contributed by atoms with E-state index >= 15 is 0 Å². The van der Waals surface area contributed by atoms with Gasteiger partial charge < -0.3 is 10.4 Å². The highest BCUT2D eigenvalue weighted by Gasteiger charge is 2.30. The minimum atomic E-state index is -4.54. The number of carbonyl (C=O) groups excluding carboxylic acids is 1. The Morgan fingerprint density at radius 3 is 2.36 bits per heavy atom. The van der Waals surface area contributed by atoms with Gasteiger partial charge in [0.25, 0.3) is 5.56 Å². The third kappa shape index (κ3) is 5.46. The molecule has 3 aromatic rings. The van der Waals surface area contributed by atoms with E-state index in [1.54, 1.807) is 13.0 Å². The maximum Gasteiger partial charge on any atom is 0.416 e. The summed E-state index contributed by atoms with van der Waals surface area (Å²) in [4.78, 5) is 30.0. The van der Waals surface area contributed by atoms with E-state index in [1.165, 1.54) is 19.1 Å². The van der Waals surface area contributed by atoms with E-state index in [2.05, 4.69) is 10.3 Å². The van der Waals surface area contributed by atoms with Crippen molar-refractivity contribution in [2.45, 2.75) is 33.0 Å². The number of aliphatic hydroxyl groups excluding tert-OH is 1. The molecule has 0 saturated heterocycles. The molecule has 0 saturated carbocycles. The molecule has 0 spiro atoms. The number of anilines is 1. The largest absolute Gasteiger partial charge is 0.416 e. The molecule has 0 aliphatic heterocycles. The first-order valence-corrected chi connectivity index (χ1v) is 9.96. The molecular formula is C23H21F4N3O3. The van der Waals surface area contributed by atoms with Crippen LogP contribution < -0.4 is 10.9 Å². The molecule has 2 N–H and O–H groups in total. The lowest BCUT2D eigenvalue weighted by atomic mass is 10.1. The molecule has 3 rings (SSSR count). The summed E-state index contributed by atoms with van der Waals surface area (Å²) in [7, 11) is 0. The van der Waals surface area contributed by atoms with Crippen molar-refractivity contribution in [1.82, 2.24) is 9.55 Å². The molecule has 1 aromatic heterocycles. The van der Waals surface area contributed by atoms with Crippen LogP contribution in [0.4, 0.5) is 23.2 Å². The first-order chi connectivity index (χ1) is 15.5. The second kappa shape index (κ2) is 9.53. The molecule has 0 fully saturated rings. The van der Waals surface area contributed by atoms with Crippen molar-refractivity contribution in [1.29, 1.82) is 0 Å². The van der Waals surface area contributed by atoms with Crippen LogP contribution in [0.5, 0.6) is 0 Å². The van der Waals surface area contributed by atoms with Crippen LogP contribution in [-0.4, -0.2) is 27.2 Å². The summed E-state index contributed by atoms with van der Waals surface area (Å²) < 4.78 is 53.9. The number of benzene rings is 2. The number of nitrogens with zero attached hydrogens (tertiary/aromatic N) is 2. The van der Waals surface area contributed by atoms with Gasteiger partial charge in [-0.15, -0.1) is 0 Å². The fourth-order valence-corrected chi connectivity index (χ4v) is 3.33.